The van der Waals surface area contributed by atoms with Gasteiger partial charge in [0.15, 0.2) is 0 Å². The van der Waals surface area contributed by atoms with Gasteiger partial charge in [-0.05, 0) is 17.9 Å². The van der Waals surface area contributed by atoms with Gasteiger partial charge < -0.3 is 10.2 Å². The zero-order chi connectivity index (χ0) is 13.0. The lowest BCUT2D eigenvalue weighted by molar-refractivity contribution is -0.128. The summed E-state index contributed by atoms with van der Waals surface area (Å²) in [5.41, 5.74) is 0. The average molecular weight is 266 g/mol. The average Bonchev–Trinajstić information content (AvgIpc) is 2.80. The highest BCUT2D eigenvalue weighted by Crippen LogP contribution is 2.21. The summed E-state index contributed by atoms with van der Waals surface area (Å²) in [4.78, 5) is 26.1. The number of nitrogens with zero attached hydrogens (tertiary/aromatic N) is 1. The van der Waals surface area contributed by atoms with Crippen LogP contribution < -0.4 is 5.32 Å². The highest BCUT2D eigenvalue weighted by molar-refractivity contribution is 7.12. The molecule has 2 amide bonds. The Hall–Kier alpha value is -1.36. The Labute approximate surface area is 111 Å². The molecule has 18 heavy (non-hydrogen) atoms. The number of rotatable bonds is 5. The number of carbonyl (C=O) groups excluding carboxylic acids is 2. The molecule has 1 N–H and O–H groups in total. The number of thiophene rings is 1. The number of nitrogens with one attached hydrogen (secondary N) is 1. The Morgan fingerprint density at radius 2 is 2.28 bits per heavy atom. The fraction of sp³-hybridized carbons (Fsp3) is 0.538. The Morgan fingerprint density at radius 1 is 1.50 bits per heavy atom. The topological polar surface area (TPSA) is 49.4 Å². The molecule has 1 saturated heterocycles. The zero-order valence-electron chi connectivity index (χ0n) is 10.5. The molecule has 0 aromatic carbocycles. The van der Waals surface area contributed by atoms with Crippen molar-refractivity contribution in [2.75, 3.05) is 19.6 Å². The minimum absolute atomic E-state index is 0.0224. The van der Waals surface area contributed by atoms with Crippen LogP contribution in [0.5, 0.6) is 0 Å². The van der Waals surface area contributed by atoms with Crippen LogP contribution in [0.25, 0.3) is 0 Å². The van der Waals surface area contributed by atoms with E-state index in [1.165, 1.54) is 11.3 Å². The predicted octanol–water partition coefficient (Wildman–Crippen LogP) is 1.74. The van der Waals surface area contributed by atoms with E-state index >= 15 is 0 Å². The molecule has 0 atom stereocenters. The molecule has 2 rings (SSSR count). The molecule has 1 aliphatic rings. The van der Waals surface area contributed by atoms with Gasteiger partial charge in [-0.15, -0.1) is 11.3 Å². The summed E-state index contributed by atoms with van der Waals surface area (Å²) in [7, 11) is 0. The Balaban J connectivity index is 1.73. The highest BCUT2D eigenvalue weighted by atomic mass is 32.1. The summed E-state index contributed by atoms with van der Waals surface area (Å²) in [5.74, 6) is 0.104. The van der Waals surface area contributed by atoms with Crippen LogP contribution in [0.1, 0.15) is 29.4 Å². The third kappa shape index (κ3) is 2.90. The van der Waals surface area contributed by atoms with Crippen LogP contribution in [0.2, 0.25) is 0 Å². The van der Waals surface area contributed by atoms with Crippen molar-refractivity contribution in [3.63, 3.8) is 0 Å². The standard InChI is InChI=1S/C13H18N2O2S/c1-2-3-6-14-12(16)10-8-15(9-10)13(17)11-5-4-7-18-11/h4-5,7,10H,2-3,6,8-9H2,1H3,(H,14,16). The zero-order valence-corrected chi connectivity index (χ0v) is 11.3. The molecule has 0 spiro atoms. The normalized spacial score (nSPS) is 15.3. The molecule has 98 valence electrons. The van der Waals surface area contributed by atoms with E-state index in [0.717, 1.165) is 24.3 Å². The molecule has 0 bridgehead atoms. The van der Waals surface area contributed by atoms with E-state index in [2.05, 4.69) is 12.2 Å². The monoisotopic (exact) mass is 266 g/mol. The number of amides is 2. The molecule has 2 heterocycles. The van der Waals surface area contributed by atoms with Crippen molar-refractivity contribution in [1.82, 2.24) is 10.2 Å². The fourth-order valence-corrected chi connectivity index (χ4v) is 2.59. The second-order valence-electron chi connectivity index (χ2n) is 4.53. The first-order chi connectivity index (χ1) is 8.72. The van der Waals surface area contributed by atoms with Crippen LogP contribution in [-0.4, -0.2) is 36.3 Å². The van der Waals surface area contributed by atoms with Crippen LogP contribution in [0.4, 0.5) is 0 Å². The first-order valence-electron chi connectivity index (χ1n) is 6.33. The van der Waals surface area contributed by atoms with Crippen molar-refractivity contribution in [1.29, 1.82) is 0 Å². The van der Waals surface area contributed by atoms with Crippen LogP contribution in [0.3, 0.4) is 0 Å². The SMILES string of the molecule is CCCCNC(=O)C1CN(C(=O)c2cccs2)C1. The Bertz CT molecular complexity index is 411. The molecule has 1 aliphatic heterocycles. The van der Waals surface area contributed by atoms with Crippen molar-refractivity contribution in [2.24, 2.45) is 5.92 Å². The van der Waals surface area contributed by atoms with Gasteiger partial charge in [0.05, 0.1) is 10.8 Å². The van der Waals surface area contributed by atoms with E-state index in [1.54, 1.807) is 4.90 Å². The van der Waals surface area contributed by atoms with E-state index in [1.807, 2.05) is 17.5 Å². The van der Waals surface area contributed by atoms with Gasteiger partial charge in [0.2, 0.25) is 5.91 Å². The van der Waals surface area contributed by atoms with Crippen molar-refractivity contribution in [3.8, 4) is 0 Å². The summed E-state index contributed by atoms with van der Waals surface area (Å²) < 4.78 is 0. The third-order valence-electron chi connectivity index (χ3n) is 3.10. The second-order valence-corrected chi connectivity index (χ2v) is 5.48. The summed E-state index contributed by atoms with van der Waals surface area (Å²) in [6.45, 7) is 3.94. The largest absolute Gasteiger partial charge is 0.356 e. The van der Waals surface area contributed by atoms with Gasteiger partial charge >= 0.3 is 0 Å². The summed E-state index contributed by atoms with van der Waals surface area (Å²) in [5, 5.41) is 4.80. The van der Waals surface area contributed by atoms with Crippen molar-refractivity contribution in [2.45, 2.75) is 19.8 Å². The molecular weight excluding hydrogens is 248 g/mol. The molecular formula is C13H18N2O2S. The van der Waals surface area contributed by atoms with E-state index in [0.29, 0.717) is 13.1 Å². The molecule has 5 heteroatoms. The number of hydrogen-bond donors (Lipinski definition) is 1. The Morgan fingerprint density at radius 3 is 2.89 bits per heavy atom. The smallest absolute Gasteiger partial charge is 0.263 e. The van der Waals surface area contributed by atoms with Gasteiger partial charge in [0.25, 0.3) is 5.91 Å². The van der Waals surface area contributed by atoms with Gasteiger partial charge in [-0.1, -0.05) is 19.4 Å². The lowest BCUT2D eigenvalue weighted by Gasteiger charge is -2.37. The molecule has 0 aliphatic carbocycles. The van der Waals surface area contributed by atoms with Gasteiger partial charge in [-0.25, -0.2) is 0 Å². The quantitative estimate of drug-likeness (QED) is 0.825. The predicted molar refractivity (Wildman–Crippen MR) is 71.6 cm³/mol. The maximum Gasteiger partial charge on any atom is 0.263 e. The number of unbranched alkanes of at least 4 members (excludes halogenated alkanes) is 1. The summed E-state index contributed by atoms with van der Waals surface area (Å²) in [6, 6.07) is 3.69. The van der Waals surface area contributed by atoms with Gasteiger partial charge in [0, 0.05) is 19.6 Å². The minimum Gasteiger partial charge on any atom is -0.356 e. The summed E-state index contributed by atoms with van der Waals surface area (Å²) in [6.07, 6.45) is 2.09. The first-order valence-corrected chi connectivity index (χ1v) is 7.20. The second kappa shape index (κ2) is 6.00. The van der Waals surface area contributed by atoms with Crippen LogP contribution in [0, 0.1) is 5.92 Å². The molecule has 0 unspecified atom stereocenters. The number of hydrogen-bond acceptors (Lipinski definition) is 3. The molecule has 0 radical (unpaired) electrons. The van der Waals surface area contributed by atoms with E-state index in [-0.39, 0.29) is 17.7 Å². The molecule has 1 aromatic heterocycles. The number of carbonyl (C=O) groups is 2. The third-order valence-corrected chi connectivity index (χ3v) is 3.96. The van der Waals surface area contributed by atoms with Crippen LogP contribution in [-0.2, 0) is 4.79 Å². The molecule has 1 aromatic rings. The maximum absolute atomic E-state index is 11.9. The van der Waals surface area contributed by atoms with E-state index in [4.69, 9.17) is 0 Å². The van der Waals surface area contributed by atoms with E-state index in [9.17, 15) is 9.59 Å². The van der Waals surface area contributed by atoms with Crippen LogP contribution in [0.15, 0.2) is 17.5 Å². The van der Waals surface area contributed by atoms with E-state index < -0.39 is 0 Å². The summed E-state index contributed by atoms with van der Waals surface area (Å²) >= 11 is 1.44. The van der Waals surface area contributed by atoms with Crippen LogP contribution >= 0.6 is 11.3 Å². The molecule has 1 fully saturated rings. The van der Waals surface area contributed by atoms with Gasteiger partial charge in [0.1, 0.15) is 0 Å². The van der Waals surface area contributed by atoms with Gasteiger partial charge in [-0.3, -0.25) is 9.59 Å². The molecule has 4 nitrogen and oxygen atoms in total. The Kier molecular flexibility index (Phi) is 4.36. The van der Waals surface area contributed by atoms with Gasteiger partial charge in [-0.2, -0.15) is 0 Å². The highest BCUT2D eigenvalue weighted by Gasteiger charge is 2.35. The van der Waals surface area contributed by atoms with Crippen molar-refractivity contribution in [3.05, 3.63) is 22.4 Å². The van der Waals surface area contributed by atoms with Crippen molar-refractivity contribution < 1.29 is 9.59 Å². The fourth-order valence-electron chi connectivity index (χ4n) is 1.90. The number of likely N-dealkylation sites (tertiary alicyclic amines) is 1. The van der Waals surface area contributed by atoms with Crippen molar-refractivity contribution >= 4 is 23.2 Å². The molecule has 0 saturated carbocycles. The lowest BCUT2D eigenvalue weighted by Crippen LogP contribution is -2.55. The minimum atomic E-state index is -0.0224. The maximum atomic E-state index is 11.9. The first kappa shape index (κ1) is 13.1. The lowest BCUT2D eigenvalue weighted by atomic mass is 9.99.